The number of aryl methyl sites for hydroxylation is 1. The van der Waals surface area contributed by atoms with Crippen molar-refractivity contribution in [2.24, 2.45) is 0 Å². The Kier molecular flexibility index (Phi) is 4.29. The third kappa shape index (κ3) is 3.39. The molecule has 2 aromatic rings. The van der Waals surface area contributed by atoms with Crippen LogP contribution in [-0.4, -0.2) is 16.0 Å². The van der Waals surface area contributed by atoms with E-state index in [0.717, 1.165) is 10.2 Å². The van der Waals surface area contributed by atoms with E-state index in [1.165, 1.54) is 0 Å². The molecule has 1 heterocycles. The molecule has 98 valence electrons. The van der Waals surface area contributed by atoms with Crippen LogP contribution in [0.2, 0.25) is 0 Å². The molecule has 19 heavy (non-hydrogen) atoms. The van der Waals surface area contributed by atoms with Crippen molar-refractivity contribution in [1.82, 2.24) is 4.98 Å². The van der Waals surface area contributed by atoms with Crippen LogP contribution in [-0.2, 0) is 4.79 Å². The first-order valence-electron chi connectivity index (χ1n) is 5.75. The molecule has 2 rings (SSSR count). The smallest absolute Gasteiger partial charge is 0.258 e. The van der Waals surface area contributed by atoms with Gasteiger partial charge in [-0.05, 0) is 40.5 Å². The van der Waals surface area contributed by atoms with Crippen molar-refractivity contribution in [3.63, 3.8) is 0 Å². The van der Waals surface area contributed by atoms with Gasteiger partial charge >= 0.3 is 0 Å². The standard InChI is InChI=1S/C14H13BrN2O2/c1-9-11(15)7-8-12(16-9)17-14(19)13(18)10-5-3-2-4-6-10/h2-8,13,18H,1H3,(H,16,17,19). The number of aliphatic hydroxyl groups is 1. The molecule has 1 aromatic carbocycles. The summed E-state index contributed by atoms with van der Waals surface area (Å²) in [5.74, 6) is -0.0823. The Balaban J connectivity index is 2.10. The average Bonchev–Trinajstić information content (AvgIpc) is 2.43. The van der Waals surface area contributed by atoms with Crippen LogP contribution in [0.25, 0.3) is 0 Å². The molecule has 0 aliphatic carbocycles. The van der Waals surface area contributed by atoms with Crippen LogP contribution in [0.5, 0.6) is 0 Å². The third-order valence-electron chi connectivity index (χ3n) is 2.64. The van der Waals surface area contributed by atoms with Gasteiger partial charge in [0.15, 0.2) is 6.10 Å². The summed E-state index contributed by atoms with van der Waals surface area (Å²) in [7, 11) is 0. The van der Waals surface area contributed by atoms with E-state index in [0.29, 0.717) is 11.4 Å². The number of benzene rings is 1. The maximum atomic E-state index is 11.9. The molecule has 4 nitrogen and oxygen atoms in total. The Labute approximate surface area is 119 Å². The van der Waals surface area contributed by atoms with Crippen molar-refractivity contribution in [2.75, 3.05) is 5.32 Å². The van der Waals surface area contributed by atoms with Crippen LogP contribution in [0.4, 0.5) is 5.82 Å². The van der Waals surface area contributed by atoms with Gasteiger partial charge < -0.3 is 10.4 Å². The number of carbonyl (C=O) groups is 1. The lowest BCUT2D eigenvalue weighted by Crippen LogP contribution is -2.21. The number of nitrogens with one attached hydrogen (secondary N) is 1. The average molecular weight is 321 g/mol. The summed E-state index contributed by atoms with van der Waals surface area (Å²) in [6, 6.07) is 12.2. The largest absolute Gasteiger partial charge is 0.378 e. The number of halogens is 1. The number of aliphatic hydroxyl groups excluding tert-OH is 1. The first-order valence-corrected chi connectivity index (χ1v) is 6.54. The zero-order valence-corrected chi connectivity index (χ0v) is 11.9. The second kappa shape index (κ2) is 5.95. The Morgan fingerprint density at radius 2 is 1.95 bits per heavy atom. The maximum absolute atomic E-state index is 11.9. The summed E-state index contributed by atoms with van der Waals surface area (Å²) in [6.07, 6.45) is -1.20. The van der Waals surface area contributed by atoms with Crippen LogP contribution < -0.4 is 5.32 Å². The normalized spacial score (nSPS) is 11.9. The number of aromatic nitrogens is 1. The van der Waals surface area contributed by atoms with Crippen LogP contribution in [0.1, 0.15) is 17.4 Å². The van der Waals surface area contributed by atoms with Gasteiger partial charge in [0.05, 0.1) is 5.69 Å². The van der Waals surface area contributed by atoms with E-state index in [2.05, 4.69) is 26.2 Å². The SMILES string of the molecule is Cc1nc(NC(=O)C(O)c2ccccc2)ccc1Br. The van der Waals surface area contributed by atoms with Crippen LogP contribution in [0.3, 0.4) is 0 Å². The van der Waals surface area contributed by atoms with E-state index >= 15 is 0 Å². The van der Waals surface area contributed by atoms with E-state index in [4.69, 9.17) is 0 Å². The van der Waals surface area contributed by atoms with E-state index in [-0.39, 0.29) is 0 Å². The molecule has 1 unspecified atom stereocenters. The molecule has 0 bridgehead atoms. The van der Waals surface area contributed by atoms with Gasteiger partial charge in [0.2, 0.25) is 0 Å². The van der Waals surface area contributed by atoms with Crippen LogP contribution in [0, 0.1) is 6.92 Å². The molecule has 1 amide bonds. The lowest BCUT2D eigenvalue weighted by atomic mass is 10.1. The molecule has 0 aliphatic rings. The quantitative estimate of drug-likeness (QED) is 0.914. The molecular weight excluding hydrogens is 308 g/mol. The predicted molar refractivity (Wildman–Crippen MR) is 76.7 cm³/mol. The minimum absolute atomic E-state index is 0.417. The molecule has 0 fully saturated rings. The monoisotopic (exact) mass is 320 g/mol. The van der Waals surface area contributed by atoms with Gasteiger partial charge in [0.25, 0.3) is 5.91 Å². The highest BCUT2D eigenvalue weighted by molar-refractivity contribution is 9.10. The number of carbonyl (C=O) groups excluding carboxylic acids is 1. The van der Waals surface area contributed by atoms with Gasteiger partial charge in [0.1, 0.15) is 5.82 Å². The molecule has 0 radical (unpaired) electrons. The van der Waals surface area contributed by atoms with Gasteiger partial charge in [-0.1, -0.05) is 30.3 Å². The van der Waals surface area contributed by atoms with Crippen molar-refractivity contribution in [3.8, 4) is 0 Å². The van der Waals surface area contributed by atoms with Crippen molar-refractivity contribution < 1.29 is 9.90 Å². The zero-order valence-electron chi connectivity index (χ0n) is 10.3. The summed E-state index contributed by atoms with van der Waals surface area (Å²) in [6.45, 7) is 1.83. The summed E-state index contributed by atoms with van der Waals surface area (Å²) in [5, 5.41) is 12.5. The maximum Gasteiger partial charge on any atom is 0.258 e. The van der Waals surface area contributed by atoms with Crippen molar-refractivity contribution in [3.05, 3.63) is 58.2 Å². The molecular formula is C14H13BrN2O2. The minimum atomic E-state index is -1.20. The topological polar surface area (TPSA) is 62.2 Å². The molecule has 0 spiro atoms. The fourth-order valence-corrected chi connectivity index (χ4v) is 1.82. The highest BCUT2D eigenvalue weighted by Crippen LogP contribution is 2.18. The van der Waals surface area contributed by atoms with Crippen LogP contribution in [0.15, 0.2) is 46.9 Å². The van der Waals surface area contributed by atoms with E-state index in [1.54, 1.807) is 36.4 Å². The lowest BCUT2D eigenvalue weighted by molar-refractivity contribution is -0.124. The summed E-state index contributed by atoms with van der Waals surface area (Å²) < 4.78 is 0.870. The van der Waals surface area contributed by atoms with Crippen molar-refractivity contribution in [2.45, 2.75) is 13.0 Å². The van der Waals surface area contributed by atoms with Gasteiger partial charge in [-0.25, -0.2) is 4.98 Å². The Morgan fingerprint density at radius 3 is 2.58 bits per heavy atom. The van der Waals surface area contributed by atoms with Gasteiger partial charge in [-0.2, -0.15) is 0 Å². The number of anilines is 1. The minimum Gasteiger partial charge on any atom is -0.378 e. The van der Waals surface area contributed by atoms with E-state index < -0.39 is 12.0 Å². The van der Waals surface area contributed by atoms with Gasteiger partial charge in [0, 0.05) is 4.47 Å². The number of nitrogens with zero attached hydrogens (tertiary/aromatic N) is 1. The number of pyridine rings is 1. The number of hydrogen-bond acceptors (Lipinski definition) is 3. The van der Waals surface area contributed by atoms with E-state index in [1.807, 2.05) is 13.0 Å². The fraction of sp³-hybridized carbons (Fsp3) is 0.143. The zero-order chi connectivity index (χ0) is 13.8. The Morgan fingerprint density at radius 1 is 1.26 bits per heavy atom. The second-order valence-corrected chi connectivity index (χ2v) is 4.92. The number of amides is 1. The molecule has 0 saturated carbocycles. The molecule has 2 N–H and O–H groups in total. The molecule has 1 atom stereocenters. The lowest BCUT2D eigenvalue weighted by Gasteiger charge is -2.11. The molecule has 5 heteroatoms. The first-order chi connectivity index (χ1) is 9.08. The number of rotatable bonds is 3. The molecule has 0 aliphatic heterocycles. The van der Waals surface area contributed by atoms with E-state index in [9.17, 15) is 9.90 Å². The van der Waals surface area contributed by atoms with Crippen molar-refractivity contribution in [1.29, 1.82) is 0 Å². The summed E-state index contributed by atoms with van der Waals surface area (Å²) in [4.78, 5) is 16.1. The summed E-state index contributed by atoms with van der Waals surface area (Å²) >= 11 is 3.34. The fourth-order valence-electron chi connectivity index (χ4n) is 1.59. The van der Waals surface area contributed by atoms with Gasteiger partial charge in [-0.3, -0.25) is 4.79 Å². The van der Waals surface area contributed by atoms with Gasteiger partial charge in [-0.15, -0.1) is 0 Å². The Bertz CT molecular complexity index is 587. The Hall–Kier alpha value is -1.72. The summed E-state index contributed by atoms with van der Waals surface area (Å²) in [5.41, 5.74) is 1.32. The van der Waals surface area contributed by atoms with Crippen molar-refractivity contribution >= 4 is 27.7 Å². The van der Waals surface area contributed by atoms with Crippen LogP contribution >= 0.6 is 15.9 Å². The molecule has 1 aromatic heterocycles. The first kappa shape index (κ1) is 13.7. The second-order valence-electron chi connectivity index (χ2n) is 4.07. The third-order valence-corrected chi connectivity index (χ3v) is 3.47. The molecule has 0 saturated heterocycles. The highest BCUT2D eigenvalue weighted by Gasteiger charge is 2.17. The predicted octanol–water partition coefficient (Wildman–Crippen LogP) is 2.82. The highest BCUT2D eigenvalue weighted by atomic mass is 79.9. The number of hydrogen-bond donors (Lipinski definition) is 2.